The number of rotatable bonds is 4. The number of aromatic nitrogens is 1. The van der Waals surface area contributed by atoms with Crippen LogP contribution >= 0.6 is 0 Å². The summed E-state index contributed by atoms with van der Waals surface area (Å²) in [6.07, 6.45) is 3.37. The summed E-state index contributed by atoms with van der Waals surface area (Å²) in [6.45, 7) is 6.18. The van der Waals surface area contributed by atoms with Gasteiger partial charge in [-0.2, -0.15) is 0 Å². The molecule has 0 atom stereocenters. The molecule has 1 saturated heterocycles. The van der Waals surface area contributed by atoms with Gasteiger partial charge in [0.1, 0.15) is 5.82 Å². The fourth-order valence-corrected chi connectivity index (χ4v) is 2.19. The van der Waals surface area contributed by atoms with Gasteiger partial charge < -0.3 is 15.4 Å². The maximum atomic E-state index is 12.4. The minimum Gasteiger partial charge on any atom is -0.381 e. The Kier molecular flexibility index (Phi) is 4.37. The summed E-state index contributed by atoms with van der Waals surface area (Å²) >= 11 is 0. The van der Waals surface area contributed by atoms with Crippen LogP contribution in [0.15, 0.2) is 18.3 Å². The molecule has 1 amide bonds. The minimum atomic E-state index is -0.186. The van der Waals surface area contributed by atoms with Crippen molar-refractivity contribution in [3.63, 3.8) is 0 Å². The van der Waals surface area contributed by atoms with E-state index in [1.807, 2.05) is 6.92 Å². The van der Waals surface area contributed by atoms with Crippen molar-refractivity contribution in [3.8, 4) is 0 Å². The molecule has 2 rings (SSSR count). The second-order valence-electron chi connectivity index (χ2n) is 5.06. The number of nitrogens with one attached hydrogen (secondary N) is 2. The van der Waals surface area contributed by atoms with Crippen LogP contribution in [-0.2, 0) is 4.74 Å². The largest absolute Gasteiger partial charge is 0.381 e. The van der Waals surface area contributed by atoms with Crippen LogP contribution in [0.4, 0.5) is 5.82 Å². The number of carbonyl (C=O) groups excluding carboxylic acids is 1. The molecule has 1 aliphatic rings. The van der Waals surface area contributed by atoms with Crippen molar-refractivity contribution in [2.75, 3.05) is 25.1 Å². The maximum Gasteiger partial charge on any atom is 0.255 e. The van der Waals surface area contributed by atoms with Gasteiger partial charge in [-0.3, -0.25) is 4.79 Å². The van der Waals surface area contributed by atoms with Crippen LogP contribution in [0.5, 0.6) is 0 Å². The van der Waals surface area contributed by atoms with Crippen LogP contribution in [0.1, 0.15) is 37.0 Å². The fraction of sp³-hybridized carbons (Fsp3) is 0.571. The maximum absolute atomic E-state index is 12.4. The summed E-state index contributed by atoms with van der Waals surface area (Å²) < 4.78 is 5.34. The van der Waals surface area contributed by atoms with Crippen molar-refractivity contribution in [3.05, 3.63) is 23.9 Å². The Balaban J connectivity index is 2.11. The Labute approximate surface area is 113 Å². The van der Waals surface area contributed by atoms with Gasteiger partial charge in [0, 0.05) is 31.5 Å². The third-order valence-electron chi connectivity index (χ3n) is 3.41. The highest BCUT2D eigenvalue weighted by Crippen LogP contribution is 2.21. The van der Waals surface area contributed by atoms with Crippen molar-refractivity contribution in [1.29, 1.82) is 0 Å². The van der Waals surface area contributed by atoms with Gasteiger partial charge in [-0.05, 0) is 38.8 Å². The van der Waals surface area contributed by atoms with Gasteiger partial charge in [-0.1, -0.05) is 0 Å². The SMILES string of the molecule is CCNc1ncccc1C(=O)NC1(C)CCOCC1. The molecular weight excluding hydrogens is 242 g/mol. The monoisotopic (exact) mass is 263 g/mol. The van der Waals surface area contributed by atoms with Gasteiger partial charge in [-0.25, -0.2) is 4.98 Å². The zero-order valence-corrected chi connectivity index (χ0v) is 11.5. The molecule has 0 aliphatic carbocycles. The van der Waals surface area contributed by atoms with Crippen LogP contribution in [0.25, 0.3) is 0 Å². The predicted molar refractivity (Wildman–Crippen MR) is 74.3 cm³/mol. The molecule has 5 heteroatoms. The van der Waals surface area contributed by atoms with E-state index in [-0.39, 0.29) is 11.4 Å². The summed E-state index contributed by atoms with van der Waals surface area (Å²) in [5.74, 6) is 0.562. The van der Waals surface area contributed by atoms with Gasteiger partial charge >= 0.3 is 0 Å². The lowest BCUT2D eigenvalue weighted by Crippen LogP contribution is -2.49. The van der Waals surface area contributed by atoms with E-state index in [9.17, 15) is 4.79 Å². The third-order valence-corrected chi connectivity index (χ3v) is 3.41. The second kappa shape index (κ2) is 6.02. The lowest BCUT2D eigenvalue weighted by Gasteiger charge is -2.34. The van der Waals surface area contributed by atoms with E-state index in [1.165, 1.54) is 0 Å². The lowest BCUT2D eigenvalue weighted by molar-refractivity contribution is 0.0423. The van der Waals surface area contributed by atoms with Gasteiger partial charge in [0.25, 0.3) is 5.91 Å². The number of pyridine rings is 1. The van der Waals surface area contributed by atoms with E-state index in [0.717, 1.165) is 19.4 Å². The number of anilines is 1. The van der Waals surface area contributed by atoms with Crippen molar-refractivity contribution in [1.82, 2.24) is 10.3 Å². The Morgan fingerprint density at radius 3 is 2.89 bits per heavy atom. The molecule has 0 radical (unpaired) electrons. The molecule has 1 fully saturated rings. The predicted octanol–water partition coefficient (Wildman–Crippen LogP) is 1.81. The molecule has 0 bridgehead atoms. The summed E-state index contributed by atoms with van der Waals surface area (Å²) in [5, 5.41) is 6.22. The highest BCUT2D eigenvalue weighted by atomic mass is 16.5. The zero-order valence-electron chi connectivity index (χ0n) is 11.5. The molecular formula is C14H21N3O2. The number of hydrogen-bond donors (Lipinski definition) is 2. The highest BCUT2D eigenvalue weighted by molar-refractivity contribution is 5.99. The van der Waals surface area contributed by atoms with E-state index < -0.39 is 0 Å². The number of nitrogens with zero attached hydrogens (tertiary/aromatic N) is 1. The van der Waals surface area contributed by atoms with Crippen LogP contribution in [-0.4, -0.2) is 36.2 Å². The van der Waals surface area contributed by atoms with Crippen LogP contribution in [0.3, 0.4) is 0 Å². The molecule has 1 aliphatic heterocycles. The molecule has 0 saturated carbocycles. The first-order valence-corrected chi connectivity index (χ1v) is 6.74. The number of hydrogen-bond acceptors (Lipinski definition) is 4. The standard InChI is InChI=1S/C14H21N3O2/c1-3-15-12-11(5-4-8-16-12)13(18)17-14(2)6-9-19-10-7-14/h4-5,8H,3,6-7,9-10H2,1-2H3,(H,15,16)(H,17,18). The summed E-state index contributed by atoms with van der Waals surface area (Å²) in [6, 6.07) is 3.57. The van der Waals surface area contributed by atoms with E-state index in [2.05, 4.69) is 22.5 Å². The van der Waals surface area contributed by atoms with Gasteiger partial charge in [0.05, 0.1) is 5.56 Å². The number of ether oxygens (including phenoxy) is 1. The molecule has 0 aromatic carbocycles. The van der Waals surface area contributed by atoms with E-state index in [4.69, 9.17) is 4.74 Å². The van der Waals surface area contributed by atoms with Gasteiger partial charge in [-0.15, -0.1) is 0 Å². The minimum absolute atomic E-state index is 0.0755. The van der Waals surface area contributed by atoms with Gasteiger partial charge in [0.2, 0.25) is 0 Å². The fourth-order valence-electron chi connectivity index (χ4n) is 2.19. The third kappa shape index (κ3) is 3.44. The number of amides is 1. The molecule has 1 aromatic rings. The first-order valence-electron chi connectivity index (χ1n) is 6.74. The molecule has 2 heterocycles. The Morgan fingerprint density at radius 1 is 1.47 bits per heavy atom. The summed E-state index contributed by atoms with van der Waals surface area (Å²) in [4.78, 5) is 16.6. The van der Waals surface area contributed by atoms with Crippen LogP contribution < -0.4 is 10.6 Å². The van der Waals surface area contributed by atoms with Crippen molar-refractivity contribution in [2.24, 2.45) is 0 Å². The first kappa shape index (κ1) is 13.8. The molecule has 104 valence electrons. The summed E-state index contributed by atoms with van der Waals surface area (Å²) in [5.41, 5.74) is 0.409. The van der Waals surface area contributed by atoms with E-state index in [1.54, 1.807) is 18.3 Å². The normalized spacial score (nSPS) is 17.8. The molecule has 0 unspecified atom stereocenters. The first-order chi connectivity index (χ1) is 9.14. The van der Waals surface area contributed by atoms with E-state index in [0.29, 0.717) is 24.6 Å². The highest BCUT2D eigenvalue weighted by Gasteiger charge is 2.29. The zero-order chi connectivity index (χ0) is 13.7. The van der Waals surface area contributed by atoms with Gasteiger partial charge in [0.15, 0.2) is 0 Å². The van der Waals surface area contributed by atoms with Crippen LogP contribution in [0, 0.1) is 0 Å². The lowest BCUT2D eigenvalue weighted by atomic mass is 9.92. The van der Waals surface area contributed by atoms with Crippen molar-refractivity contribution < 1.29 is 9.53 Å². The average molecular weight is 263 g/mol. The average Bonchev–Trinajstić information content (AvgIpc) is 2.40. The summed E-state index contributed by atoms with van der Waals surface area (Å²) in [7, 11) is 0. The molecule has 2 N–H and O–H groups in total. The molecule has 5 nitrogen and oxygen atoms in total. The van der Waals surface area contributed by atoms with Crippen molar-refractivity contribution in [2.45, 2.75) is 32.2 Å². The topological polar surface area (TPSA) is 63.2 Å². The Morgan fingerprint density at radius 2 is 2.21 bits per heavy atom. The van der Waals surface area contributed by atoms with Crippen LogP contribution in [0.2, 0.25) is 0 Å². The molecule has 0 spiro atoms. The van der Waals surface area contributed by atoms with Crippen molar-refractivity contribution >= 4 is 11.7 Å². The molecule has 1 aromatic heterocycles. The molecule has 19 heavy (non-hydrogen) atoms. The smallest absolute Gasteiger partial charge is 0.255 e. The number of carbonyl (C=O) groups is 1. The van der Waals surface area contributed by atoms with E-state index >= 15 is 0 Å². The Hall–Kier alpha value is -1.62. The Bertz CT molecular complexity index is 442. The second-order valence-corrected chi connectivity index (χ2v) is 5.06. The quantitative estimate of drug-likeness (QED) is 0.869.